The molecule has 2 aliphatic rings. The zero-order valence-electron chi connectivity index (χ0n) is 11.5. The molecule has 2 unspecified atom stereocenters. The number of hydrogen-bond donors (Lipinski definition) is 1. The molecular weight excluding hydrogens is 288 g/mol. The molecule has 2 N–H and O–H groups in total. The SMILES string of the molecule is CC(N)C1CCN(S(=O)(=O)CC2CCOC2)CC1.Cl. The number of halogens is 1. The molecule has 2 fully saturated rings. The van der Waals surface area contributed by atoms with Crippen LogP contribution in [0.15, 0.2) is 0 Å². The first-order chi connectivity index (χ1) is 8.49. The van der Waals surface area contributed by atoms with E-state index in [1.54, 1.807) is 4.31 Å². The van der Waals surface area contributed by atoms with Crippen molar-refractivity contribution in [2.24, 2.45) is 17.6 Å². The van der Waals surface area contributed by atoms with Gasteiger partial charge in [-0.2, -0.15) is 0 Å². The fourth-order valence-corrected chi connectivity index (χ4v) is 4.63. The predicted octanol–water partition coefficient (Wildman–Crippen LogP) is 0.834. The highest BCUT2D eigenvalue weighted by Gasteiger charge is 2.32. The molecule has 0 aromatic carbocycles. The Morgan fingerprint density at radius 1 is 1.32 bits per heavy atom. The Morgan fingerprint density at radius 3 is 2.42 bits per heavy atom. The van der Waals surface area contributed by atoms with Crippen molar-refractivity contribution in [1.82, 2.24) is 4.31 Å². The average molecular weight is 313 g/mol. The summed E-state index contributed by atoms with van der Waals surface area (Å²) in [6.45, 7) is 4.55. The van der Waals surface area contributed by atoms with Crippen molar-refractivity contribution in [3.8, 4) is 0 Å². The van der Waals surface area contributed by atoms with Gasteiger partial charge >= 0.3 is 0 Å². The molecular formula is C12H25ClN2O3S. The van der Waals surface area contributed by atoms with Gasteiger partial charge in [0.05, 0.1) is 12.4 Å². The predicted molar refractivity (Wildman–Crippen MR) is 77.9 cm³/mol. The molecule has 2 aliphatic heterocycles. The highest BCUT2D eigenvalue weighted by atomic mass is 35.5. The van der Waals surface area contributed by atoms with E-state index in [-0.39, 0.29) is 30.1 Å². The van der Waals surface area contributed by atoms with E-state index in [0.717, 1.165) is 19.3 Å². The van der Waals surface area contributed by atoms with Crippen LogP contribution in [0.1, 0.15) is 26.2 Å². The minimum atomic E-state index is -3.10. The molecule has 7 heteroatoms. The summed E-state index contributed by atoms with van der Waals surface area (Å²) in [6.07, 6.45) is 2.64. The number of hydrogen-bond acceptors (Lipinski definition) is 4. The Morgan fingerprint density at radius 2 is 1.95 bits per heavy atom. The van der Waals surface area contributed by atoms with Gasteiger partial charge in [-0.05, 0) is 38.0 Å². The van der Waals surface area contributed by atoms with Crippen molar-refractivity contribution in [3.63, 3.8) is 0 Å². The number of nitrogens with two attached hydrogens (primary N) is 1. The van der Waals surface area contributed by atoms with Crippen LogP contribution in [0.3, 0.4) is 0 Å². The van der Waals surface area contributed by atoms with Crippen molar-refractivity contribution < 1.29 is 13.2 Å². The molecule has 114 valence electrons. The van der Waals surface area contributed by atoms with Gasteiger partial charge in [0.2, 0.25) is 10.0 Å². The maximum absolute atomic E-state index is 12.3. The van der Waals surface area contributed by atoms with Crippen LogP contribution in [-0.2, 0) is 14.8 Å². The fraction of sp³-hybridized carbons (Fsp3) is 1.00. The van der Waals surface area contributed by atoms with Crippen LogP contribution in [-0.4, -0.2) is 50.8 Å². The molecule has 2 saturated heterocycles. The standard InChI is InChI=1S/C12H24N2O3S.ClH/c1-10(13)12-2-5-14(6-3-12)18(15,16)9-11-4-7-17-8-11;/h10-12H,2-9,13H2,1H3;1H. The van der Waals surface area contributed by atoms with Gasteiger partial charge in [-0.25, -0.2) is 12.7 Å². The fourth-order valence-electron chi connectivity index (χ4n) is 2.80. The largest absolute Gasteiger partial charge is 0.381 e. The van der Waals surface area contributed by atoms with Gasteiger partial charge in [0.1, 0.15) is 0 Å². The van der Waals surface area contributed by atoms with Gasteiger partial charge in [-0.3, -0.25) is 0 Å². The van der Waals surface area contributed by atoms with Crippen LogP contribution in [0.25, 0.3) is 0 Å². The summed E-state index contributed by atoms with van der Waals surface area (Å²) in [4.78, 5) is 0. The quantitative estimate of drug-likeness (QED) is 0.834. The lowest BCUT2D eigenvalue weighted by Gasteiger charge is -2.33. The van der Waals surface area contributed by atoms with E-state index in [1.165, 1.54) is 0 Å². The first-order valence-electron chi connectivity index (χ1n) is 6.80. The van der Waals surface area contributed by atoms with E-state index < -0.39 is 10.0 Å². The van der Waals surface area contributed by atoms with Crippen LogP contribution in [0.5, 0.6) is 0 Å². The molecule has 0 aliphatic carbocycles. The smallest absolute Gasteiger partial charge is 0.214 e. The maximum Gasteiger partial charge on any atom is 0.214 e. The van der Waals surface area contributed by atoms with Gasteiger partial charge in [-0.15, -0.1) is 12.4 Å². The zero-order valence-corrected chi connectivity index (χ0v) is 13.1. The number of nitrogens with zero attached hydrogens (tertiary/aromatic N) is 1. The molecule has 0 spiro atoms. The van der Waals surface area contributed by atoms with E-state index >= 15 is 0 Å². The number of rotatable bonds is 4. The maximum atomic E-state index is 12.3. The second-order valence-corrected chi connectivity index (χ2v) is 7.62. The monoisotopic (exact) mass is 312 g/mol. The first-order valence-corrected chi connectivity index (χ1v) is 8.41. The molecule has 5 nitrogen and oxygen atoms in total. The molecule has 0 saturated carbocycles. The Labute approximate surface area is 122 Å². The van der Waals surface area contributed by atoms with Crippen molar-refractivity contribution >= 4 is 22.4 Å². The van der Waals surface area contributed by atoms with Crippen LogP contribution in [0, 0.1) is 11.8 Å². The van der Waals surface area contributed by atoms with Crippen LogP contribution < -0.4 is 5.73 Å². The van der Waals surface area contributed by atoms with Gasteiger partial charge in [0.15, 0.2) is 0 Å². The van der Waals surface area contributed by atoms with E-state index in [9.17, 15) is 8.42 Å². The second-order valence-electron chi connectivity index (χ2n) is 5.60. The molecule has 0 bridgehead atoms. The third kappa shape index (κ3) is 4.56. The van der Waals surface area contributed by atoms with Crippen LogP contribution in [0.4, 0.5) is 0 Å². The normalized spacial score (nSPS) is 28.0. The van der Waals surface area contributed by atoms with Crippen LogP contribution >= 0.6 is 12.4 Å². The zero-order chi connectivity index (χ0) is 13.2. The molecule has 2 heterocycles. The molecule has 2 atom stereocenters. The molecule has 0 aromatic heterocycles. The summed E-state index contributed by atoms with van der Waals surface area (Å²) < 4.78 is 31.4. The molecule has 19 heavy (non-hydrogen) atoms. The first kappa shape index (κ1) is 17.2. The Hall–Kier alpha value is 0.120. The lowest BCUT2D eigenvalue weighted by molar-refractivity contribution is 0.188. The summed E-state index contributed by atoms with van der Waals surface area (Å²) in [6, 6.07) is 0.165. The highest BCUT2D eigenvalue weighted by Crippen LogP contribution is 2.24. The lowest BCUT2D eigenvalue weighted by atomic mass is 9.92. The van der Waals surface area contributed by atoms with E-state index in [2.05, 4.69) is 0 Å². The lowest BCUT2D eigenvalue weighted by Crippen LogP contribution is -2.44. The molecule has 0 aromatic rings. The van der Waals surface area contributed by atoms with Crippen molar-refractivity contribution in [2.45, 2.75) is 32.2 Å². The average Bonchev–Trinajstić information content (AvgIpc) is 2.81. The van der Waals surface area contributed by atoms with E-state index in [4.69, 9.17) is 10.5 Å². The van der Waals surface area contributed by atoms with Crippen molar-refractivity contribution in [1.29, 1.82) is 0 Å². The van der Waals surface area contributed by atoms with Gasteiger partial charge in [-0.1, -0.05) is 0 Å². The topological polar surface area (TPSA) is 72.6 Å². The van der Waals surface area contributed by atoms with Crippen molar-refractivity contribution in [2.75, 3.05) is 32.1 Å². The van der Waals surface area contributed by atoms with Gasteiger partial charge in [0.25, 0.3) is 0 Å². The molecule has 0 radical (unpaired) electrons. The minimum absolute atomic E-state index is 0. The Bertz CT molecular complexity index is 361. The summed E-state index contributed by atoms with van der Waals surface area (Å²) in [5.74, 6) is 0.892. The number of piperidine rings is 1. The Kier molecular flexibility index (Phi) is 6.53. The van der Waals surface area contributed by atoms with E-state index in [0.29, 0.717) is 32.2 Å². The van der Waals surface area contributed by atoms with Gasteiger partial charge in [0, 0.05) is 25.7 Å². The Balaban J connectivity index is 0.00000180. The summed E-state index contributed by atoms with van der Waals surface area (Å²) >= 11 is 0. The van der Waals surface area contributed by atoms with Crippen molar-refractivity contribution in [3.05, 3.63) is 0 Å². The number of ether oxygens (including phenoxy) is 1. The minimum Gasteiger partial charge on any atom is -0.381 e. The van der Waals surface area contributed by atoms with Gasteiger partial charge < -0.3 is 10.5 Å². The van der Waals surface area contributed by atoms with Crippen LogP contribution in [0.2, 0.25) is 0 Å². The molecule has 0 amide bonds. The van der Waals surface area contributed by atoms with E-state index in [1.807, 2.05) is 6.92 Å². The third-order valence-corrected chi connectivity index (χ3v) is 6.15. The highest BCUT2D eigenvalue weighted by molar-refractivity contribution is 7.89. The molecule has 2 rings (SSSR count). The number of sulfonamides is 1. The summed E-state index contributed by atoms with van der Waals surface area (Å²) in [5.41, 5.74) is 5.87. The third-order valence-electron chi connectivity index (χ3n) is 4.11. The second kappa shape index (κ2) is 7.22. The summed E-state index contributed by atoms with van der Waals surface area (Å²) in [7, 11) is -3.10. The summed E-state index contributed by atoms with van der Waals surface area (Å²) in [5, 5.41) is 0.